The lowest BCUT2D eigenvalue weighted by atomic mass is 10.1. The highest BCUT2D eigenvalue weighted by Gasteiger charge is 2.29. The van der Waals surface area contributed by atoms with Gasteiger partial charge in [0.25, 0.3) is 5.91 Å². The topological polar surface area (TPSA) is 58.6 Å². The number of para-hydroxylation sites is 1. The first-order valence-electron chi connectivity index (χ1n) is 9.90. The molecule has 0 saturated heterocycles. The normalized spacial score (nSPS) is 11.8. The molecule has 156 valence electrons. The van der Waals surface area contributed by atoms with Crippen molar-refractivity contribution in [1.29, 1.82) is 0 Å². The van der Waals surface area contributed by atoms with Crippen LogP contribution in [0.1, 0.15) is 32.8 Å². The van der Waals surface area contributed by atoms with E-state index in [1.165, 1.54) is 0 Å². The summed E-state index contributed by atoms with van der Waals surface area (Å²) in [4.78, 5) is 27.4. The number of rotatable bonds is 10. The molecule has 0 aromatic heterocycles. The Bertz CT molecular complexity index is 778. The van der Waals surface area contributed by atoms with Crippen LogP contribution in [0, 0.1) is 5.92 Å². The minimum absolute atomic E-state index is 0.133. The first-order chi connectivity index (χ1) is 13.9. The number of carbonyl (C=O) groups excluding carboxylic acids is 2. The third-order valence-corrected chi connectivity index (χ3v) is 4.69. The smallest absolute Gasteiger partial charge is 0.261 e. The molecule has 0 aliphatic heterocycles. The summed E-state index contributed by atoms with van der Waals surface area (Å²) in [6, 6.07) is 15.9. The molecule has 0 fully saturated rings. The number of carbonyl (C=O) groups is 2. The molecule has 5 nitrogen and oxygen atoms in total. The molecule has 0 bridgehead atoms. The molecule has 0 radical (unpaired) electrons. The summed E-state index contributed by atoms with van der Waals surface area (Å²) >= 11 is 5.97. The molecule has 1 atom stereocenters. The summed E-state index contributed by atoms with van der Waals surface area (Å²) in [5, 5.41) is 3.57. The van der Waals surface area contributed by atoms with E-state index in [4.69, 9.17) is 16.3 Å². The van der Waals surface area contributed by atoms with Gasteiger partial charge in [0.15, 0.2) is 6.61 Å². The molecule has 2 aromatic rings. The zero-order chi connectivity index (χ0) is 21.2. The molecule has 6 heteroatoms. The van der Waals surface area contributed by atoms with Crippen molar-refractivity contribution in [2.45, 2.75) is 39.8 Å². The van der Waals surface area contributed by atoms with Gasteiger partial charge in [-0.05, 0) is 42.2 Å². The average Bonchev–Trinajstić information content (AvgIpc) is 2.72. The van der Waals surface area contributed by atoms with Crippen molar-refractivity contribution in [3.05, 3.63) is 65.2 Å². The van der Waals surface area contributed by atoms with Gasteiger partial charge in [0.1, 0.15) is 11.8 Å². The molecule has 1 N–H and O–H groups in total. The van der Waals surface area contributed by atoms with Gasteiger partial charge < -0.3 is 15.0 Å². The van der Waals surface area contributed by atoms with Gasteiger partial charge in [-0.3, -0.25) is 9.59 Å². The summed E-state index contributed by atoms with van der Waals surface area (Å²) in [5.74, 6) is 0.557. The number of nitrogens with zero attached hydrogens (tertiary/aromatic N) is 1. The van der Waals surface area contributed by atoms with Crippen LogP contribution in [0.25, 0.3) is 0 Å². The number of halogens is 1. The van der Waals surface area contributed by atoms with Crippen molar-refractivity contribution in [2.75, 3.05) is 13.2 Å². The summed E-state index contributed by atoms with van der Waals surface area (Å²) in [5.41, 5.74) is 0.901. The lowest BCUT2D eigenvalue weighted by Gasteiger charge is -2.30. The number of hydrogen-bond donors (Lipinski definition) is 1. The Morgan fingerprint density at radius 1 is 1.07 bits per heavy atom. The van der Waals surface area contributed by atoms with Crippen LogP contribution in [0.5, 0.6) is 5.75 Å². The van der Waals surface area contributed by atoms with E-state index in [2.05, 4.69) is 5.32 Å². The van der Waals surface area contributed by atoms with Crippen LogP contribution in [0.4, 0.5) is 0 Å². The monoisotopic (exact) mass is 416 g/mol. The fourth-order valence-corrected chi connectivity index (χ4v) is 3.00. The van der Waals surface area contributed by atoms with Gasteiger partial charge in [0.2, 0.25) is 5.91 Å². The largest absolute Gasteiger partial charge is 0.484 e. The molecule has 0 spiro atoms. The molecule has 0 aliphatic carbocycles. The summed E-state index contributed by atoms with van der Waals surface area (Å²) in [7, 11) is 0. The second kappa shape index (κ2) is 11.5. The SMILES string of the molecule is CCC(C(=O)NCC(C)C)N(Cc1ccc(Cl)cc1)C(=O)COc1ccccc1. The maximum Gasteiger partial charge on any atom is 0.261 e. The first kappa shape index (κ1) is 22.8. The predicted octanol–water partition coefficient (Wildman–Crippen LogP) is 4.30. The van der Waals surface area contributed by atoms with Gasteiger partial charge >= 0.3 is 0 Å². The van der Waals surface area contributed by atoms with E-state index in [-0.39, 0.29) is 18.4 Å². The second-order valence-corrected chi connectivity index (χ2v) is 7.75. The molecular weight excluding hydrogens is 388 g/mol. The van der Waals surface area contributed by atoms with E-state index in [0.717, 1.165) is 5.56 Å². The van der Waals surface area contributed by atoms with Gasteiger partial charge in [0.05, 0.1) is 0 Å². The molecule has 2 amide bonds. The number of hydrogen-bond acceptors (Lipinski definition) is 3. The Labute approximate surface area is 178 Å². The van der Waals surface area contributed by atoms with Crippen molar-refractivity contribution < 1.29 is 14.3 Å². The molecule has 0 heterocycles. The fourth-order valence-electron chi connectivity index (χ4n) is 2.87. The van der Waals surface area contributed by atoms with Crippen molar-refractivity contribution >= 4 is 23.4 Å². The summed E-state index contributed by atoms with van der Waals surface area (Å²) in [6.45, 7) is 6.71. The Hall–Kier alpha value is -2.53. The minimum Gasteiger partial charge on any atom is -0.484 e. The number of amides is 2. The third kappa shape index (κ3) is 7.42. The van der Waals surface area contributed by atoms with E-state index >= 15 is 0 Å². The zero-order valence-electron chi connectivity index (χ0n) is 17.2. The molecule has 29 heavy (non-hydrogen) atoms. The quantitative estimate of drug-likeness (QED) is 0.628. The van der Waals surface area contributed by atoms with Gasteiger partial charge in [0, 0.05) is 18.1 Å². The van der Waals surface area contributed by atoms with Gasteiger partial charge in [-0.15, -0.1) is 0 Å². The summed E-state index contributed by atoms with van der Waals surface area (Å²) in [6.07, 6.45) is 0.509. The summed E-state index contributed by atoms with van der Waals surface area (Å²) < 4.78 is 5.63. The standard InChI is InChI=1S/C23H29ClN2O3/c1-4-21(23(28)25-14-17(2)3)26(15-18-10-12-19(24)13-11-18)22(27)16-29-20-8-6-5-7-9-20/h5-13,17,21H,4,14-16H2,1-3H3,(H,25,28). The van der Waals surface area contributed by atoms with Gasteiger partial charge in [-0.2, -0.15) is 0 Å². The van der Waals surface area contributed by atoms with Crippen LogP contribution in [0.15, 0.2) is 54.6 Å². The van der Waals surface area contributed by atoms with E-state index in [0.29, 0.717) is 36.2 Å². The first-order valence-corrected chi connectivity index (χ1v) is 10.3. The molecule has 0 saturated carbocycles. The van der Waals surface area contributed by atoms with Crippen molar-refractivity contribution in [3.63, 3.8) is 0 Å². The maximum atomic E-state index is 13.0. The molecule has 2 rings (SSSR count). The van der Waals surface area contributed by atoms with Crippen molar-refractivity contribution in [3.8, 4) is 5.75 Å². The van der Waals surface area contributed by atoms with Crippen molar-refractivity contribution in [1.82, 2.24) is 10.2 Å². The van der Waals surface area contributed by atoms with Gasteiger partial charge in [-0.1, -0.05) is 62.7 Å². The Morgan fingerprint density at radius 2 is 1.72 bits per heavy atom. The second-order valence-electron chi connectivity index (χ2n) is 7.31. The molecule has 1 unspecified atom stereocenters. The van der Waals surface area contributed by atoms with Crippen LogP contribution >= 0.6 is 11.6 Å². The number of benzene rings is 2. The number of nitrogens with one attached hydrogen (secondary N) is 1. The van der Waals surface area contributed by atoms with Crippen molar-refractivity contribution in [2.24, 2.45) is 5.92 Å². The van der Waals surface area contributed by atoms with Crippen LogP contribution in [-0.4, -0.2) is 35.9 Å². The highest BCUT2D eigenvalue weighted by molar-refractivity contribution is 6.30. The zero-order valence-corrected chi connectivity index (χ0v) is 18.0. The van der Waals surface area contributed by atoms with Gasteiger partial charge in [-0.25, -0.2) is 0 Å². The van der Waals surface area contributed by atoms with Crippen LogP contribution in [0.3, 0.4) is 0 Å². The van der Waals surface area contributed by atoms with E-state index in [1.807, 2.05) is 51.1 Å². The molecule has 0 aliphatic rings. The lowest BCUT2D eigenvalue weighted by Crippen LogP contribution is -2.50. The maximum absolute atomic E-state index is 13.0. The van der Waals surface area contributed by atoms with E-state index in [9.17, 15) is 9.59 Å². The molecule has 2 aromatic carbocycles. The van der Waals surface area contributed by atoms with E-state index < -0.39 is 6.04 Å². The fraction of sp³-hybridized carbons (Fsp3) is 0.391. The molecular formula is C23H29ClN2O3. The average molecular weight is 417 g/mol. The number of ether oxygens (including phenoxy) is 1. The predicted molar refractivity (Wildman–Crippen MR) is 116 cm³/mol. The Morgan fingerprint density at radius 3 is 2.31 bits per heavy atom. The Kier molecular flexibility index (Phi) is 9.00. The minimum atomic E-state index is -0.573. The highest BCUT2D eigenvalue weighted by atomic mass is 35.5. The van der Waals surface area contributed by atoms with E-state index in [1.54, 1.807) is 29.2 Å². The van der Waals surface area contributed by atoms with Crippen LogP contribution in [0.2, 0.25) is 5.02 Å². The van der Waals surface area contributed by atoms with Crippen LogP contribution < -0.4 is 10.1 Å². The highest BCUT2D eigenvalue weighted by Crippen LogP contribution is 2.16. The lowest BCUT2D eigenvalue weighted by molar-refractivity contribution is -0.143. The van der Waals surface area contributed by atoms with Crippen LogP contribution in [-0.2, 0) is 16.1 Å². The Balaban J connectivity index is 2.16. The third-order valence-electron chi connectivity index (χ3n) is 4.44.